The molecule has 0 unspecified atom stereocenters. The van der Waals surface area contributed by atoms with Crippen LogP contribution in [0, 0.1) is 6.92 Å². The van der Waals surface area contributed by atoms with Crippen molar-refractivity contribution in [1.82, 2.24) is 10.3 Å². The average molecular weight is 240 g/mol. The Bertz CT molecular complexity index is 423. The number of hydrogen-bond acceptors (Lipinski definition) is 4. The molecule has 0 bridgehead atoms. The van der Waals surface area contributed by atoms with Crippen LogP contribution in [0.4, 0.5) is 0 Å². The molecule has 1 aromatic rings. The number of aryl methyl sites for hydroxylation is 1. The van der Waals surface area contributed by atoms with Crippen molar-refractivity contribution in [3.8, 4) is 0 Å². The molecule has 0 spiro atoms. The molecule has 0 aliphatic carbocycles. The van der Waals surface area contributed by atoms with Crippen molar-refractivity contribution in [1.29, 1.82) is 0 Å². The number of oxazole rings is 1. The minimum absolute atomic E-state index is 0.0108. The van der Waals surface area contributed by atoms with Gasteiger partial charge in [0.05, 0.1) is 12.6 Å². The second-order valence-electron chi connectivity index (χ2n) is 4.54. The van der Waals surface area contributed by atoms with Crippen LogP contribution in [-0.2, 0) is 16.0 Å². The van der Waals surface area contributed by atoms with Crippen molar-refractivity contribution in [2.75, 3.05) is 0 Å². The van der Waals surface area contributed by atoms with Crippen LogP contribution < -0.4 is 5.32 Å². The van der Waals surface area contributed by atoms with Crippen LogP contribution in [0.2, 0.25) is 0 Å². The molecular formula is C11H16N2O4. The first-order chi connectivity index (χ1) is 7.78. The molecule has 17 heavy (non-hydrogen) atoms. The number of carboxylic acid groups (broad SMARTS) is 1. The van der Waals surface area contributed by atoms with Crippen molar-refractivity contribution < 1.29 is 19.1 Å². The SMILES string of the molecule is Cc1cnc(CC(=O)NC(C)(C)CC(=O)O)o1. The maximum atomic E-state index is 11.6. The average Bonchev–Trinajstić information content (AvgIpc) is 2.46. The highest BCUT2D eigenvalue weighted by Gasteiger charge is 2.24. The third-order valence-corrected chi connectivity index (χ3v) is 2.05. The number of carbonyl (C=O) groups is 2. The summed E-state index contributed by atoms with van der Waals surface area (Å²) in [7, 11) is 0. The molecule has 0 atom stereocenters. The molecule has 0 fully saturated rings. The highest BCUT2D eigenvalue weighted by atomic mass is 16.4. The third-order valence-electron chi connectivity index (χ3n) is 2.05. The van der Waals surface area contributed by atoms with E-state index >= 15 is 0 Å². The van der Waals surface area contributed by atoms with Gasteiger partial charge in [0.25, 0.3) is 0 Å². The van der Waals surface area contributed by atoms with E-state index in [0.29, 0.717) is 11.7 Å². The molecular weight excluding hydrogens is 224 g/mol. The van der Waals surface area contributed by atoms with Gasteiger partial charge in [-0.05, 0) is 20.8 Å². The summed E-state index contributed by atoms with van der Waals surface area (Å²) in [5, 5.41) is 11.3. The summed E-state index contributed by atoms with van der Waals surface area (Å²) in [5.41, 5.74) is -0.787. The molecule has 94 valence electrons. The first-order valence-electron chi connectivity index (χ1n) is 5.22. The molecule has 0 aliphatic rings. The lowest BCUT2D eigenvalue weighted by atomic mass is 10.0. The molecule has 0 saturated heterocycles. The van der Waals surface area contributed by atoms with Gasteiger partial charge in [-0.1, -0.05) is 0 Å². The predicted molar refractivity (Wildman–Crippen MR) is 59.4 cm³/mol. The normalized spacial score (nSPS) is 11.2. The summed E-state index contributed by atoms with van der Waals surface area (Å²) in [5.74, 6) is -0.302. The summed E-state index contributed by atoms with van der Waals surface area (Å²) in [6.07, 6.45) is 1.41. The molecule has 2 N–H and O–H groups in total. The van der Waals surface area contributed by atoms with Crippen LogP contribution in [0.3, 0.4) is 0 Å². The Labute approximate surface area is 99.0 Å². The zero-order valence-electron chi connectivity index (χ0n) is 10.1. The van der Waals surface area contributed by atoms with E-state index in [4.69, 9.17) is 9.52 Å². The van der Waals surface area contributed by atoms with E-state index in [9.17, 15) is 9.59 Å². The Morgan fingerprint density at radius 1 is 1.53 bits per heavy atom. The number of aromatic nitrogens is 1. The van der Waals surface area contributed by atoms with E-state index in [1.165, 1.54) is 6.20 Å². The quantitative estimate of drug-likeness (QED) is 0.797. The van der Waals surface area contributed by atoms with E-state index in [1.807, 2.05) is 0 Å². The van der Waals surface area contributed by atoms with Gasteiger partial charge in [0.2, 0.25) is 11.8 Å². The van der Waals surface area contributed by atoms with Gasteiger partial charge in [-0.15, -0.1) is 0 Å². The fourth-order valence-corrected chi connectivity index (χ4v) is 1.46. The standard InChI is InChI=1S/C11H16N2O4/c1-7-6-12-9(17-7)4-8(14)13-11(2,3)5-10(15)16/h6H,4-5H2,1-3H3,(H,13,14)(H,15,16). The Morgan fingerprint density at radius 3 is 2.65 bits per heavy atom. The van der Waals surface area contributed by atoms with Crippen molar-refractivity contribution in [2.45, 2.75) is 39.2 Å². The number of hydrogen-bond donors (Lipinski definition) is 2. The summed E-state index contributed by atoms with van der Waals surface area (Å²) in [6.45, 7) is 5.04. The minimum atomic E-state index is -0.956. The van der Waals surface area contributed by atoms with E-state index in [1.54, 1.807) is 20.8 Å². The van der Waals surface area contributed by atoms with Crippen LogP contribution in [0.5, 0.6) is 0 Å². The Morgan fingerprint density at radius 2 is 2.18 bits per heavy atom. The molecule has 1 rings (SSSR count). The van der Waals surface area contributed by atoms with Gasteiger partial charge in [-0.2, -0.15) is 0 Å². The van der Waals surface area contributed by atoms with Gasteiger partial charge >= 0.3 is 5.97 Å². The zero-order chi connectivity index (χ0) is 13.1. The van der Waals surface area contributed by atoms with E-state index in [-0.39, 0.29) is 18.7 Å². The number of amides is 1. The monoisotopic (exact) mass is 240 g/mol. The van der Waals surface area contributed by atoms with Crippen molar-refractivity contribution in [3.63, 3.8) is 0 Å². The molecule has 6 nitrogen and oxygen atoms in total. The third kappa shape index (κ3) is 4.67. The molecule has 0 aromatic carbocycles. The minimum Gasteiger partial charge on any atom is -0.481 e. The van der Waals surface area contributed by atoms with Crippen molar-refractivity contribution in [2.24, 2.45) is 0 Å². The van der Waals surface area contributed by atoms with Gasteiger partial charge in [0.15, 0.2) is 0 Å². The van der Waals surface area contributed by atoms with Gasteiger partial charge in [-0.25, -0.2) is 4.98 Å². The molecule has 0 saturated carbocycles. The smallest absolute Gasteiger partial charge is 0.305 e. The van der Waals surface area contributed by atoms with Crippen LogP contribution in [-0.4, -0.2) is 27.5 Å². The Hall–Kier alpha value is -1.85. The molecule has 0 radical (unpaired) electrons. The first-order valence-corrected chi connectivity index (χ1v) is 5.22. The molecule has 1 amide bonds. The van der Waals surface area contributed by atoms with Gasteiger partial charge in [0.1, 0.15) is 12.2 Å². The maximum Gasteiger partial charge on any atom is 0.305 e. The number of nitrogens with zero attached hydrogens (tertiary/aromatic N) is 1. The van der Waals surface area contributed by atoms with Gasteiger partial charge in [0, 0.05) is 5.54 Å². The topological polar surface area (TPSA) is 92.4 Å². The summed E-state index contributed by atoms with van der Waals surface area (Å²) in [6, 6.07) is 0. The molecule has 0 aliphatic heterocycles. The second-order valence-corrected chi connectivity index (χ2v) is 4.54. The lowest BCUT2D eigenvalue weighted by molar-refractivity contribution is -0.138. The highest BCUT2D eigenvalue weighted by Crippen LogP contribution is 2.09. The Balaban J connectivity index is 2.52. The fourth-order valence-electron chi connectivity index (χ4n) is 1.46. The number of rotatable bonds is 5. The maximum absolute atomic E-state index is 11.6. The molecule has 6 heteroatoms. The lowest BCUT2D eigenvalue weighted by Gasteiger charge is -2.23. The Kier molecular flexibility index (Phi) is 3.88. The number of aliphatic carboxylic acids is 1. The summed E-state index contributed by atoms with van der Waals surface area (Å²) < 4.78 is 5.16. The van der Waals surface area contributed by atoms with Gasteiger partial charge < -0.3 is 14.8 Å². The van der Waals surface area contributed by atoms with E-state index in [0.717, 1.165) is 0 Å². The summed E-state index contributed by atoms with van der Waals surface area (Å²) >= 11 is 0. The first kappa shape index (κ1) is 13.2. The number of carbonyl (C=O) groups excluding carboxylic acids is 1. The predicted octanol–water partition coefficient (Wildman–Crippen LogP) is 0.895. The summed E-state index contributed by atoms with van der Waals surface area (Å²) in [4.78, 5) is 26.1. The van der Waals surface area contributed by atoms with E-state index in [2.05, 4.69) is 10.3 Å². The van der Waals surface area contributed by atoms with Crippen LogP contribution in [0.1, 0.15) is 31.9 Å². The zero-order valence-corrected chi connectivity index (χ0v) is 10.1. The van der Waals surface area contributed by atoms with Crippen molar-refractivity contribution in [3.05, 3.63) is 17.8 Å². The van der Waals surface area contributed by atoms with E-state index < -0.39 is 11.5 Å². The second kappa shape index (κ2) is 4.99. The highest BCUT2D eigenvalue weighted by molar-refractivity contribution is 5.79. The number of carboxylic acids is 1. The van der Waals surface area contributed by atoms with Crippen LogP contribution in [0.25, 0.3) is 0 Å². The van der Waals surface area contributed by atoms with Crippen molar-refractivity contribution >= 4 is 11.9 Å². The van der Waals surface area contributed by atoms with Crippen LogP contribution >= 0.6 is 0 Å². The fraction of sp³-hybridized carbons (Fsp3) is 0.545. The largest absolute Gasteiger partial charge is 0.481 e. The molecule has 1 heterocycles. The van der Waals surface area contributed by atoms with Gasteiger partial charge in [-0.3, -0.25) is 9.59 Å². The number of nitrogens with one attached hydrogen (secondary N) is 1. The lowest BCUT2D eigenvalue weighted by Crippen LogP contribution is -2.45. The molecule has 1 aromatic heterocycles. The van der Waals surface area contributed by atoms with Crippen LogP contribution in [0.15, 0.2) is 10.6 Å².